The average molecular weight is 647 g/mol. The minimum absolute atomic E-state index is 0.0880. The van der Waals surface area contributed by atoms with Crippen molar-refractivity contribution in [2.24, 2.45) is 23.7 Å². The molecule has 0 amide bonds. The Morgan fingerprint density at radius 2 is 0.756 bits per heavy atom. The number of carbonyl (C=O) groups is 3. The molecule has 0 bridgehead atoms. The SMILES string of the molecule is CC(=O)O[C@H]1CO[C@H]2OCCC21.CC(=O)O[C@H]1CO[C@H]2OCC[C@H]21.CC(=O)O[C@H]1CO[C@H]2OCC[C@H]21.O[C@@H]1CO[C@@H]2OCC[C@@H]21. The Hall–Kier alpha value is -1.95. The molecule has 8 fully saturated rings. The van der Waals surface area contributed by atoms with Crippen molar-refractivity contribution >= 4 is 17.9 Å². The number of hydrogen-bond donors (Lipinski definition) is 1. The summed E-state index contributed by atoms with van der Waals surface area (Å²) in [6.45, 7) is 9.04. The third kappa shape index (κ3) is 9.11. The fourth-order valence-electron chi connectivity index (χ4n) is 6.72. The lowest BCUT2D eigenvalue weighted by atomic mass is 10.0. The van der Waals surface area contributed by atoms with E-state index in [4.69, 9.17) is 52.1 Å². The van der Waals surface area contributed by atoms with Crippen LogP contribution >= 0.6 is 0 Å². The third-order valence-electron chi connectivity index (χ3n) is 8.92. The van der Waals surface area contributed by atoms with E-state index in [2.05, 4.69) is 0 Å². The summed E-state index contributed by atoms with van der Waals surface area (Å²) in [6, 6.07) is 0. The molecule has 45 heavy (non-hydrogen) atoms. The number of hydrogen-bond acceptors (Lipinski definition) is 15. The van der Waals surface area contributed by atoms with Crippen LogP contribution in [0.2, 0.25) is 0 Å². The minimum atomic E-state index is -0.280. The summed E-state index contributed by atoms with van der Waals surface area (Å²) in [7, 11) is 0. The van der Waals surface area contributed by atoms with Crippen LogP contribution in [-0.4, -0.2) is 125 Å². The normalized spacial score (nSPS) is 41.6. The molecule has 8 heterocycles. The lowest BCUT2D eigenvalue weighted by Gasteiger charge is -2.13. The Balaban J connectivity index is 0.000000119. The molecule has 15 heteroatoms. The number of carbonyl (C=O) groups excluding carboxylic acids is 3. The van der Waals surface area contributed by atoms with Crippen LogP contribution in [0.25, 0.3) is 0 Å². The minimum Gasteiger partial charge on any atom is -0.460 e. The first-order valence-corrected chi connectivity index (χ1v) is 15.8. The van der Waals surface area contributed by atoms with E-state index in [1.54, 1.807) is 0 Å². The summed E-state index contributed by atoms with van der Waals surface area (Å²) in [5, 5.41) is 9.19. The highest BCUT2D eigenvalue weighted by atomic mass is 16.7. The Kier molecular flexibility index (Phi) is 12.4. The molecular formula is C30H46O15. The third-order valence-corrected chi connectivity index (χ3v) is 8.92. The van der Waals surface area contributed by atoms with Crippen LogP contribution in [0, 0.1) is 23.7 Å². The monoisotopic (exact) mass is 646 g/mol. The molecule has 12 atom stereocenters. The smallest absolute Gasteiger partial charge is 0.302 e. The van der Waals surface area contributed by atoms with E-state index in [0.717, 1.165) is 32.3 Å². The van der Waals surface area contributed by atoms with Gasteiger partial charge < -0.3 is 57.2 Å². The van der Waals surface area contributed by atoms with Crippen LogP contribution < -0.4 is 0 Å². The molecule has 256 valence electrons. The molecule has 0 spiro atoms. The van der Waals surface area contributed by atoms with Crippen molar-refractivity contribution in [3.05, 3.63) is 0 Å². The molecule has 15 nitrogen and oxygen atoms in total. The first-order valence-electron chi connectivity index (χ1n) is 15.8. The van der Waals surface area contributed by atoms with Gasteiger partial charge in [-0.3, -0.25) is 14.4 Å². The van der Waals surface area contributed by atoms with Crippen molar-refractivity contribution in [3.8, 4) is 0 Å². The quantitative estimate of drug-likeness (QED) is 0.335. The van der Waals surface area contributed by atoms with Gasteiger partial charge in [0.1, 0.15) is 18.3 Å². The van der Waals surface area contributed by atoms with Gasteiger partial charge in [-0.05, 0) is 25.7 Å². The summed E-state index contributed by atoms with van der Waals surface area (Å²) in [5.41, 5.74) is 0. The zero-order chi connectivity index (χ0) is 31.9. The van der Waals surface area contributed by atoms with Crippen molar-refractivity contribution in [2.75, 3.05) is 52.9 Å². The van der Waals surface area contributed by atoms with Crippen molar-refractivity contribution in [2.45, 2.75) is 96.0 Å². The number of aliphatic hydroxyl groups is 1. The molecule has 0 aromatic heterocycles. The number of esters is 3. The highest BCUT2D eigenvalue weighted by Gasteiger charge is 2.45. The standard InChI is InChI=1S/3C8H12O4.C6H10O3/c3*1-5(9)12-7-4-11-8-6(7)2-3-10-8;7-5-3-9-6-4(5)1-2-8-6/h3*6-8H,2-4H2,1H3;4-7H,1-3H2/t6?,7-,8+;2*6-,7-,8+;4-,5-,6+/m0001/s1. The fraction of sp³-hybridized carbons (Fsp3) is 0.900. The van der Waals surface area contributed by atoms with Gasteiger partial charge in [-0.15, -0.1) is 0 Å². The van der Waals surface area contributed by atoms with Crippen LogP contribution in [0.5, 0.6) is 0 Å². The van der Waals surface area contributed by atoms with Crippen molar-refractivity contribution < 1.29 is 71.6 Å². The first kappa shape index (κ1) is 34.4. The zero-order valence-corrected chi connectivity index (χ0v) is 26.1. The highest BCUT2D eigenvalue weighted by Crippen LogP contribution is 2.35. The van der Waals surface area contributed by atoms with Gasteiger partial charge in [0.2, 0.25) is 0 Å². The molecule has 8 saturated heterocycles. The first-order chi connectivity index (χ1) is 21.7. The molecule has 0 aliphatic carbocycles. The molecule has 0 saturated carbocycles. The van der Waals surface area contributed by atoms with Gasteiger partial charge >= 0.3 is 17.9 Å². The van der Waals surface area contributed by atoms with Crippen LogP contribution in [0.3, 0.4) is 0 Å². The van der Waals surface area contributed by atoms with E-state index in [-0.39, 0.29) is 91.2 Å². The molecule has 8 rings (SSSR count). The van der Waals surface area contributed by atoms with Crippen molar-refractivity contribution in [1.82, 2.24) is 0 Å². The van der Waals surface area contributed by atoms with E-state index in [0.29, 0.717) is 46.2 Å². The maximum Gasteiger partial charge on any atom is 0.302 e. The Labute approximate surface area is 262 Å². The van der Waals surface area contributed by atoms with Gasteiger partial charge in [0.25, 0.3) is 0 Å². The van der Waals surface area contributed by atoms with Crippen LogP contribution in [-0.2, 0) is 66.5 Å². The topological polar surface area (TPSA) is 173 Å². The van der Waals surface area contributed by atoms with Crippen molar-refractivity contribution in [3.63, 3.8) is 0 Å². The maximum absolute atomic E-state index is 10.7. The van der Waals surface area contributed by atoms with Gasteiger partial charge in [0.05, 0.1) is 76.7 Å². The molecule has 0 aromatic rings. The second kappa shape index (κ2) is 16.2. The average Bonchev–Trinajstić information content (AvgIpc) is 3.80. The number of ether oxygens (including phenoxy) is 11. The van der Waals surface area contributed by atoms with E-state index in [1.165, 1.54) is 20.8 Å². The maximum atomic E-state index is 10.7. The lowest BCUT2D eigenvalue weighted by Crippen LogP contribution is -2.25. The highest BCUT2D eigenvalue weighted by molar-refractivity contribution is 5.66. The molecule has 0 aromatic carbocycles. The Morgan fingerprint density at radius 1 is 0.467 bits per heavy atom. The van der Waals surface area contributed by atoms with Crippen LogP contribution in [0.4, 0.5) is 0 Å². The van der Waals surface area contributed by atoms with Gasteiger partial charge in [-0.1, -0.05) is 0 Å². The largest absolute Gasteiger partial charge is 0.460 e. The summed E-state index contributed by atoms with van der Waals surface area (Å²) in [6.07, 6.45) is 2.72. The van der Waals surface area contributed by atoms with Crippen LogP contribution in [0.1, 0.15) is 46.5 Å². The second-order valence-electron chi connectivity index (χ2n) is 12.1. The van der Waals surface area contributed by atoms with E-state index in [9.17, 15) is 19.5 Å². The summed E-state index contributed by atoms with van der Waals surface area (Å²) in [4.78, 5) is 32.0. The molecule has 1 N–H and O–H groups in total. The molecule has 1 unspecified atom stereocenters. The molecule has 0 radical (unpaired) electrons. The number of rotatable bonds is 3. The van der Waals surface area contributed by atoms with Crippen molar-refractivity contribution in [1.29, 1.82) is 0 Å². The zero-order valence-electron chi connectivity index (χ0n) is 26.1. The second-order valence-corrected chi connectivity index (χ2v) is 12.1. The van der Waals surface area contributed by atoms with E-state index in [1.807, 2.05) is 0 Å². The molecule has 8 aliphatic heterocycles. The van der Waals surface area contributed by atoms with E-state index < -0.39 is 0 Å². The van der Waals surface area contributed by atoms with E-state index >= 15 is 0 Å². The van der Waals surface area contributed by atoms with Gasteiger partial charge in [-0.25, -0.2) is 0 Å². The van der Waals surface area contributed by atoms with Gasteiger partial charge in [0.15, 0.2) is 25.2 Å². The fourth-order valence-corrected chi connectivity index (χ4v) is 6.72. The predicted octanol–water partition coefficient (Wildman–Crippen LogP) is 0.673. The predicted molar refractivity (Wildman–Crippen MR) is 148 cm³/mol. The molecular weight excluding hydrogens is 600 g/mol. The van der Waals surface area contributed by atoms with Gasteiger partial charge in [-0.2, -0.15) is 0 Å². The number of aliphatic hydroxyl groups excluding tert-OH is 1. The number of fused-ring (bicyclic) bond motifs is 4. The Morgan fingerprint density at radius 3 is 1.07 bits per heavy atom. The van der Waals surface area contributed by atoms with Gasteiger partial charge in [0, 0.05) is 26.7 Å². The van der Waals surface area contributed by atoms with Crippen LogP contribution in [0.15, 0.2) is 0 Å². The lowest BCUT2D eigenvalue weighted by molar-refractivity contribution is -0.148. The summed E-state index contributed by atoms with van der Waals surface area (Å²) < 4.78 is 57.2. The molecule has 8 aliphatic rings. The Bertz CT molecular complexity index is 895. The summed E-state index contributed by atoms with van der Waals surface area (Å²) >= 11 is 0. The summed E-state index contributed by atoms with van der Waals surface area (Å²) in [5.74, 6) is 0.310.